The van der Waals surface area contributed by atoms with E-state index in [9.17, 15) is 9.18 Å². The van der Waals surface area contributed by atoms with Crippen LogP contribution in [-0.4, -0.2) is 58.8 Å². The summed E-state index contributed by atoms with van der Waals surface area (Å²) in [6.45, 7) is 2.60. The molecule has 7 nitrogen and oxygen atoms in total. The SMILES string of the molecule is O=C(C1CC(c2cccc(F)c2)=NO1)N1CCN(c2nc3cccnc3s2)CC1. The molecule has 4 heterocycles. The first-order valence-corrected chi connectivity index (χ1v) is 10.2. The molecule has 3 aromatic rings. The van der Waals surface area contributed by atoms with Crippen LogP contribution >= 0.6 is 11.3 Å². The number of benzene rings is 1. The van der Waals surface area contributed by atoms with Crippen molar-refractivity contribution in [2.45, 2.75) is 12.5 Å². The standard InChI is InChI=1S/C20H18FN5O2S/c21-14-4-1-3-13(11-14)16-12-17(28-24-16)19(27)25-7-9-26(10-8-25)20-23-15-5-2-6-22-18(15)29-20/h1-6,11,17H,7-10,12H2. The predicted octanol–water partition coefficient (Wildman–Crippen LogP) is 2.67. The summed E-state index contributed by atoms with van der Waals surface area (Å²) in [7, 11) is 0. The molecule has 2 aromatic heterocycles. The minimum Gasteiger partial charge on any atom is -0.382 e. The number of thiazole rings is 1. The molecule has 0 bridgehead atoms. The van der Waals surface area contributed by atoms with Gasteiger partial charge in [0.05, 0.1) is 5.71 Å². The number of nitrogens with zero attached hydrogens (tertiary/aromatic N) is 5. The summed E-state index contributed by atoms with van der Waals surface area (Å²) in [5, 5.41) is 4.94. The monoisotopic (exact) mass is 411 g/mol. The highest BCUT2D eigenvalue weighted by Crippen LogP contribution is 2.28. The molecular formula is C20H18FN5O2S. The zero-order valence-corrected chi connectivity index (χ0v) is 16.3. The Morgan fingerprint density at radius 3 is 2.83 bits per heavy atom. The van der Waals surface area contributed by atoms with Crippen LogP contribution < -0.4 is 4.90 Å². The van der Waals surface area contributed by atoms with Crippen LogP contribution in [0.25, 0.3) is 10.3 Å². The van der Waals surface area contributed by atoms with Crippen molar-refractivity contribution in [2.75, 3.05) is 31.1 Å². The Kier molecular flexibility index (Phi) is 4.59. The number of pyridine rings is 1. The number of carbonyl (C=O) groups excluding carboxylic acids is 1. The van der Waals surface area contributed by atoms with Crippen molar-refractivity contribution in [1.82, 2.24) is 14.9 Å². The van der Waals surface area contributed by atoms with Gasteiger partial charge in [0, 0.05) is 44.4 Å². The molecule has 0 spiro atoms. The third-order valence-corrected chi connectivity index (χ3v) is 6.16. The van der Waals surface area contributed by atoms with E-state index in [1.165, 1.54) is 12.1 Å². The lowest BCUT2D eigenvalue weighted by Gasteiger charge is -2.35. The Morgan fingerprint density at radius 1 is 1.17 bits per heavy atom. The fraction of sp³-hybridized carbons (Fsp3) is 0.300. The third kappa shape index (κ3) is 3.53. The number of piperazine rings is 1. The molecule has 9 heteroatoms. The van der Waals surface area contributed by atoms with E-state index in [4.69, 9.17) is 4.84 Å². The van der Waals surface area contributed by atoms with Gasteiger partial charge >= 0.3 is 0 Å². The van der Waals surface area contributed by atoms with Crippen LogP contribution in [-0.2, 0) is 9.63 Å². The molecule has 1 fully saturated rings. The Labute approximate surface area is 170 Å². The van der Waals surface area contributed by atoms with Crippen LogP contribution in [0.2, 0.25) is 0 Å². The number of amides is 1. The minimum atomic E-state index is -0.647. The van der Waals surface area contributed by atoms with Crippen molar-refractivity contribution in [3.05, 3.63) is 54.0 Å². The van der Waals surface area contributed by atoms with Crippen LogP contribution in [0.1, 0.15) is 12.0 Å². The van der Waals surface area contributed by atoms with Crippen LogP contribution in [0.4, 0.5) is 9.52 Å². The summed E-state index contributed by atoms with van der Waals surface area (Å²) >= 11 is 1.56. The highest BCUT2D eigenvalue weighted by atomic mass is 32.1. The van der Waals surface area contributed by atoms with Gasteiger partial charge in [-0.15, -0.1) is 0 Å². The molecule has 2 aliphatic rings. The lowest BCUT2D eigenvalue weighted by Crippen LogP contribution is -2.51. The van der Waals surface area contributed by atoms with Gasteiger partial charge in [0.2, 0.25) is 6.10 Å². The number of oxime groups is 1. The van der Waals surface area contributed by atoms with E-state index < -0.39 is 6.10 Å². The highest BCUT2D eigenvalue weighted by molar-refractivity contribution is 7.21. The van der Waals surface area contributed by atoms with E-state index in [1.807, 2.05) is 12.1 Å². The highest BCUT2D eigenvalue weighted by Gasteiger charge is 2.34. The molecule has 1 atom stereocenters. The third-order valence-electron chi connectivity index (χ3n) is 5.12. The number of carbonyl (C=O) groups is 1. The van der Waals surface area contributed by atoms with Gasteiger partial charge in [-0.3, -0.25) is 4.79 Å². The number of fused-ring (bicyclic) bond motifs is 1. The van der Waals surface area contributed by atoms with Crippen molar-refractivity contribution >= 4 is 38.4 Å². The molecule has 0 aliphatic carbocycles. The van der Waals surface area contributed by atoms with Gasteiger partial charge < -0.3 is 14.6 Å². The van der Waals surface area contributed by atoms with Gasteiger partial charge in [0.15, 0.2) is 5.13 Å². The lowest BCUT2D eigenvalue weighted by atomic mass is 10.0. The molecule has 0 radical (unpaired) electrons. The second-order valence-electron chi connectivity index (χ2n) is 6.98. The van der Waals surface area contributed by atoms with Gasteiger partial charge in [-0.2, -0.15) is 0 Å². The first kappa shape index (κ1) is 18.0. The van der Waals surface area contributed by atoms with Crippen molar-refractivity contribution in [3.8, 4) is 0 Å². The Bertz CT molecular complexity index is 1060. The summed E-state index contributed by atoms with van der Waals surface area (Å²) in [6, 6.07) is 10.0. The summed E-state index contributed by atoms with van der Waals surface area (Å²) in [6.07, 6.45) is 1.47. The molecule has 1 unspecified atom stereocenters. The maximum Gasteiger partial charge on any atom is 0.267 e. The lowest BCUT2D eigenvalue weighted by molar-refractivity contribution is -0.142. The van der Waals surface area contributed by atoms with Crippen LogP contribution in [0.15, 0.2) is 47.8 Å². The number of hydrogen-bond acceptors (Lipinski definition) is 7. The zero-order chi connectivity index (χ0) is 19.8. The van der Waals surface area contributed by atoms with Gasteiger partial charge in [-0.25, -0.2) is 14.4 Å². The summed E-state index contributed by atoms with van der Waals surface area (Å²) in [5.41, 5.74) is 2.14. The fourth-order valence-corrected chi connectivity index (χ4v) is 4.52. The van der Waals surface area contributed by atoms with E-state index in [-0.39, 0.29) is 11.7 Å². The van der Waals surface area contributed by atoms with E-state index in [0.717, 1.165) is 15.5 Å². The van der Waals surface area contributed by atoms with Crippen molar-refractivity contribution < 1.29 is 14.0 Å². The number of hydrogen-bond donors (Lipinski definition) is 0. The molecule has 29 heavy (non-hydrogen) atoms. The van der Waals surface area contributed by atoms with Crippen LogP contribution in [0.3, 0.4) is 0 Å². The van der Waals surface area contributed by atoms with E-state index >= 15 is 0 Å². The normalized spacial score (nSPS) is 19.3. The fourth-order valence-electron chi connectivity index (χ4n) is 3.56. The second kappa shape index (κ2) is 7.40. The minimum absolute atomic E-state index is 0.0780. The Balaban J connectivity index is 1.19. The molecule has 0 N–H and O–H groups in total. The van der Waals surface area contributed by atoms with Crippen molar-refractivity contribution in [1.29, 1.82) is 0 Å². The molecule has 2 aliphatic heterocycles. The molecular weight excluding hydrogens is 393 g/mol. The summed E-state index contributed by atoms with van der Waals surface area (Å²) in [5.74, 6) is -0.410. The van der Waals surface area contributed by atoms with Crippen molar-refractivity contribution in [2.24, 2.45) is 5.16 Å². The van der Waals surface area contributed by atoms with Gasteiger partial charge in [0.1, 0.15) is 16.2 Å². The van der Waals surface area contributed by atoms with Gasteiger partial charge in [0.25, 0.3) is 5.91 Å². The van der Waals surface area contributed by atoms with E-state index in [2.05, 4.69) is 20.0 Å². The predicted molar refractivity (Wildman–Crippen MR) is 109 cm³/mol. The smallest absolute Gasteiger partial charge is 0.267 e. The van der Waals surface area contributed by atoms with Crippen LogP contribution in [0.5, 0.6) is 0 Å². The summed E-state index contributed by atoms with van der Waals surface area (Å²) < 4.78 is 13.4. The first-order valence-electron chi connectivity index (χ1n) is 9.41. The number of rotatable bonds is 3. The van der Waals surface area contributed by atoms with Gasteiger partial charge in [-0.1, -0.05) is 28.6 Å². The van der Waals surface area contributed by atoms with Crippen LogP contribution in [0, 0.1) is 5.82 Å². The quantitative estimate of drug-likeness (QED) is 0.663. The zero-order valence-electron chi connectivity index (χ0n) is 15.5. The largest absolute Gasteiger partial charge is 0.382 e. The Morgan fingerprint density at radius 2 is 2.03 bits per heavy atom. The number of anilines is 1. The molecule has 148 valence electrons. The Hall–Kier alpha value is -3.07. The van der Waals surface area contributed by atoms with E-state index in [1.54, 1.807) is 34.6 Å². The average molecular weight is 411 g/mol. The molecule has 1 aromatic carbocycles. The second-order valence-corrected chi connectivity index (χ2v) is 7.94. The van der Waals surface area contributed by atoms with Crippen molar-refractivity contribution in [3.63, 3.8) is 0 Å². The average Bonchev–Trinajstić information content (AvgIpc) is 3.41. The first-order chi connectivity index (χ1) is 14.2. The topological polar surface area (TPSA) is 70.9 Å². The maximum atomic E-state index is 13.4. The maximum absolute atomic E-state index is 13.4. The number of halogens is 1. The van der Waals surface area contributed by atoms with Gasteiger partial charge in [-0.05, 0) is 24.3 Å². The molecule has 1 amide bonds. The van der Waals surface area contributed by atoms with E-state index in [0.29, 0.717) is 43.9 Å². The molecule has 0 saturated carbocycles. The summed E-state index contributed by atoms with van der Waals surface area (Å²) in [4.78, 5) is 32.1. The number of aromatic nitrogens is 2. The molecule has 1 saturated heterocycles. The molecule has 5 rings (SSSR count).